The quantitative estimate of drug-likeness (QED) is 0.593. The maximum Gasteiger partial charge on any atom is 0.337 e. The fourth-order valence-corrected chi connectivity index (χ4v) is 2.41. The first-order valence-corrected chi connectivity index (χ1v) is 8.36. The number of esters is 2. The van der Waals surface area contributed by atoms with Crippen LogP contribution >= 0.6 is 0 Å². The van der Waals surface area contributed by atoms with E-state index in [1.165, 1.54) is 7.11 Å². The molecule has 0 saturated carbocycles. The van der Waals surface area contributed by atoms with Crippen molar-refractivity contribution < 1.29 is 23.6 Å². The van der Waals surface area contributed by atoms with Crippen LogP contribution in [0.2, 0.25) is 0 Å². The molecule has 1 heterocycles. The predicted octanol–water partition coefficient (Wildman–Crippen LogP) is 3.20. The van der Waals surface area contributed by atoms with Crippen LogP contribution in [0, 0.1) is 0 Å². The van der Waals surface area contributed by atoms with E-state index >= 15 is 0 Å². The maximum atomic E-state index is 11.9. The second-order valence-corrected chi connectivity index (χ2v) is 5.73. The third-order valence-electron chi connectivity index (χ3n) is 3.79. The average molecular weight is 366 g/mol. The summed E-state index contributed by atoms with van der Waals surface area (Å²) in [4.78, 5) is 27.7. The fraction of sp³-hybridized carbons (Fsp3) is 0.200. The van der Waals surface area contributed by atoms with E-state index in [9.17, 15) is 9.59 Å². The lowest BCUT2D eigenvalue weighted by Crippen LogP contribution is -2.07. The van der Waals surface area contributed by atoms with E-state index in [4.69, 9.17) is 9.26 Å². The highest BCUT2D eigenvalue weighted by atomic mass is 16.5. The van der Waals surface area contributed by atoms with Crippen LogP contribution in [0.25, 0.3) is 11.4 Å². The van der Waals surface area contributed by atoms with Crippen molar-refractivity contribution in [3.05, 3.63) is 71.6 Å². The number of methoxy groups -OCH3 is 1. The Bertz CT molecular complexity index is 921. The standard InChI is InChI=1S/C20H18N2O5/c1-25-20(24)16-9-5-6-14(12-16)13-26-18(23)11-10-17-21-19(22-27-17)15-7-3-2-4-8-15/h2-9,12H,10-11,13H2,1H3. The minimum atomic E-state index is -0.436. The molecular weight excluding hydrogens is 348 g/mol. The number of benzene rings is 2. The van der Waals surface area contributed by atoms with E-state index in [0.29, 0.717) is 29.3 Å². The van der Waals surface area contributed by atoms with Crippen molar-refractivity contribution >= 4 is 11.9 Å². The summed E-state index contributed by atoms with van der Waals surface area (Å²) in [6.07, 6.45) is 0.411. The van der Waals surface area contributed by atoms with Crippen LogP contribution in [0.15, 0.2) is 59.1 Å². The summed E-state index contributed by atoms with van der Waals surface area (Å²) in [6.45, 7) is 0.0722. The summed E-state index contributed by atoms with van der Waals surface area (Å²) in [7, 11) is 1.32. The number of hydrogen-bond donors (Lipinski definition) is 0. The summed E-state index contributed by atoms with van der Waals surface area (Å²) in [5.41, 5.74) is 1.96. The summed E-state index contributed by atoms with van der Waals surface area (Å²) in [5.74, 6) is 0.0313. The van der Waals surface area contributed by atoms with Crippen molar-refractivity contribution in [3.8, 4) is 11.4 Å². The Morgan fingerprint density at radius 3 is 2.67 bits per heavy atom. The van der Waals surface area contributed by atoms with E-state index in [1.54, 1.807) is 24.3 Å². The van der Waals surface area contributed by atoms with Gasteiger partial charge >= 0.3 is 11.9 Å². The normalized spacial score (nSPS) is 10.4. The fourth-order valence-electron chi connectivity index (χ4n) is 2.41. The maximum absolute atomic E-state index is 11.9. The topological polar surface area (TPSA) is 91.5 Å². The Morgan fingerprint density at radius 2 is 1.89 bits per heavy atom. The van der Waals surface area contributed by atoms with Gasteiger partial charge in [0.25, 0.3) is 0 Å². The Labute approximate surface area is 155 Å². The van der Waals surface area contributed by atoms with Gasteiger partial charge in [-0.3, -0.25) is 4.79 Å². The summed E-state index contributed by atoms with van der Waals surface area (Å²) >= 11 is 0. The van der Waals surface area contributed by atoms with Crippen molar-refractivity contribution in [1.29, 1.82) is 0 Å². The molecule has 0 spiro atoms. The lowest BCUT2D eigenvalue weighted by Gasteiger charge is -2.05. The molecule has 7 heteroatoms. The van der Waals surface area contributed by atoms with E-state index in [1.807, 2.05) is 30.3 Å². The van der Waals surface area contributed by atoms with E-state index in [2.05, 4.69) is 14.9 Å². The molecule has 0 N–H and O–H groups in total. The average Bonchev–Trinajstić information content (AvgIpc) is 3.20. The van der Waals surface area contributed by atoms with E-state index < -0.39 is 11.9 Å². The molecule has 3 aromatic rings. The molecular formula is C20H18N2O5. The first kappa shape index (κ1) is 18.3. The molecule has 0 aliphatic heterocycles. The minimum absolute atomic E-state index is 0.0722. The van der Waals surface area contributed by atoms with Crippen molar-refractivity contribution in [2.75, 3.05) is 7.11 Å². The predicted molar refractivity (Wildman–Crippen MR) is 95.6 cm³/mol. The SMILES string of the molecule is COC(=O)c1cccc(COC(=O)CCc2nc(-c3ccccc3)no2)c1. The van der Waals surface area contributed by atoms with Gasteiger partial charge in [-0.1, -0.05) is 47.6 Å². The highest BCUT2D eigenvalue weighted by Crippen LogP contribution is 2.15. The summed E-state index contributed by atoms with van der Waals surface area (Å²) in [5, 5.41) is 3.91. The van der Waals surface area contributed by atoms with Crippen LogP contribution in [0.3, 0.4) is 0 Å². The smallest absolute Gasteiger partial charge is 0.337 e. The Morgan fingerprint density at radius 1 is 1.07 bits per heavy atom. The van der Waals surface area contributed by atoms with Crippen molar-refractivity contribution in [2.45, 2.75) is 19.4 Å². The molecule has 0 unspecified atom stereocenters. The molecule has 0 radical (unpaired) electrons. The molecule has 2 aromatic carbocycles. The van der Waals surface area contributed by atoms with Gasteiger partial charge in [0.1, 0.15) is 6.61 Å². The number of aromatic nitrogens is 2. The van der Waals surface area contributed by atoms with Gasteiger partial charge < -0.3 is 14.0 Å². The number of nitrogens with zero attached hydrogens (tertiary/aromatic N) is 2. The van der Waals surface area contributed by atoms with E-state index in [0.717, 1.165) is 5.56 Å². The lowest BCUT2D eigenvalue weighted by molar-refractivity contribution is -0.145. The number of carbonyl (C=O) groups is 2. The zero-order valence-electron chi connectivity index (χ0n) is 14.8. The molecule has 138 valence electrons. The zero-order chi connectivity index (χ0) is 19.1. The van der Waals surface area contributed by atoms with Crippen LogP contribution in [0.4, 0.5) is 0 Å². The molecule has 1 aromatic heterocycles. The molecule has 3 rings (SSSR count). The van der Waals surface area contributed by atoms with Gasteiger partial charge in [0.05, 0.1) is 19.1 Å². The molecule has 27 heavy (non-hydrogen) atoms. The van der Waals surface area contributed by atoms with Crippen LogP contribution < -0.4 is 0 Å². The number of aryl methyl sites for hydroxylation is 1. The third kappa shape index (κ3) is 5.01. The molecule has 0 amide bonds. The van der Waals surface area contributed by atoms with Gasteiger partial charge in [0, 0.05) is 12.0 Å². The highest BCUT2D eigenvalue weighted by molar-refractivity contribution is 5.89. The van der Waals surface area contributed by atoms with Gasteiger partial charge in [-0.15, -0.1) is 0 Å². The lowest BCUT2D eigenvalue weighted by atomic mass is 10.1. The monoisotopic (exact) mass is 366 g/mol. The molecule has 0 atom stereocenters. The van der Waals surface area contributed by atoms with Crippen molar-refractivity contribution in [2.24, 2.45) is 0 Å². The van der Waals surface area contributed by atoms with Crippen LogP contribution in [0.5, 0.6) is 0 Å². The van der Waals surface area contributed by atoms with Crippen LogP contribution in [-0.4, -0.2) is 29.2 Å². The third-order valence-corrected chi connectivity index (χ3v) is 3.79. The second-order valence-electron chi connectivity index (χ2n) is 5.73. The van der Waals surface area contributed by atoms with Gasteiger partial charge in [-0.05, 0) is 17.7 Å². The van der Waals surface area contributed by atoms with Gasteiger partial charge in [0.2, 0.25) is 11.7 Å². The summed E-state index contributed by atoms with van der Waals surface area (Å²) in [6, 6.07) is 16.2. The zero-order valence-corrected chi connectivity index (χ0v) is 14.8. The summed E-state index contributed by atoms with van der Waals surface area (Å²) < 4.78 is 15.1. The first-order chi connectivity index (χ1) is 13.2. The first-order valence-electron chi connectivity index (χ1n) is 8.36. The largest absolute Gasteiger partial charge is 0.465 e. The van der Waals surface area contributed by atoms with Gasteiger partial charge in [0.15, 0.2) is 0 Å². The Kier molecular flexibility index (Phi) is 5.94. The second kappa shape index (κ2) is 8.75. The number of carbonyl (C=O) groups excluding carboxylic acids is 2. The number of hydrogen-bond acceptors (Lipinski definition) is 7. The van der Waals surface area contributed by atoms with Gasteiger partial charge in [-0.2, -0.15) is 4.98 Å². The Hall–Kier alpha value is -3.48. The molecule has 7 nitrogen and oxygen atoms in total. The van der Waals surface area contributed by atoms with Crippen molar-refractivity contribution in [1.82, 2.24) is 10.1 Å². The molecule has 0 bridgehead atoms. The highest BCUT2D eigenvalue weighted by Gasteiger charge is 2.12. The van der Waals surface area contributed by atoms with Crippen LogP contribution in [-0.2, 0) is 27.3 Å². The molecule has 0 aliphatic carbocycles. The molecule has 0 aliphatic rings. The van der Waals surface area contributed by atoms with Crippen LogP contribution in [0.1, 0.15) is 28.2 Å². The minimum Gasteiger partial charge on any atom is -0.465 e. The number of ether oxygens (including phenoxy) is 2. The molecule has 0 fully saturated rings. The van der Waals surface area contributed by atoms with Crippen molar-refractivity contribution in [3.63, 3.8) is 0 Å². The van der Waals surface area contributed by atoms with E-state index in [-0.39, 0.29) is 13.0 Å². The Balaban J connectivity index is 1.49. The van der Waals surface area contributed by atoms with Gasteiger partial charge in [-0.25, -0.2) is 4.79 Å². The molecule has 0 saturated heterocycles. The number of rotatable bonds is 7.